The number of carbonyl (C=O) groups excluding carboxylic acids is 2. The molecule has 0 bridgehead atoms. The van der Waals surface area contributed by atoms with E-state index in [-0.39, 0.29) is 17.1 Å². The van der Waals surface area contributed by atoms with Gasteiger partial charge in [0.15, 0.2) is 5.13 Å². The summed E-state index contributed by atoms with van der Waals surface area (Å²) in [6.45, 7) is 7.85. The monoisotopic (exact) mass is 501 g/mol. The number of rotatable bonds is 7. The van der Waals surface area contributed by atoms with Gasteiger partial charge in [-0.15, -0.1) is 23.1 Å². The van der Waals surface area contributed by atoms with Crippen molar-refractivity contribution in [2.24, 2.45) is 0 Å². The minimum Gasteiger partial charge on any atom is -0.322 e. The number of nitrogens with zero attached hydrogens (tertiary/aromatic N) is 1. The van der Waals surface area contributed by atoms with Crippen LogP contribution in [0.1, 0.15) is 33.3 Å². The first-order valence-electron chi connectivity index (χ1n) is 11.3. The standard InChI is InChI=1S/C28H27N3O2S2/c1-17-9-11-21(12-10-17)25-19(3)35-28(30-25)31-26(32)20(4)34-23-15-13-22(14-16-23)29-27(33)24-8-6-5-7-18(24)2/h5-16,20H,1-4H3,(H,29,33)(H,30,31,32). The number of nitrogens with one attached hydrogen (secondary N) is 2. The number of benzene rings is 3. The maximum Gasteiger partial charge on any atom is 0.255 e. The van der Waals surface area contributed by atoms with E-state index >= 15 is 0 Å². The Hall–Kier alpha value is -3.42. The van der Waals surface area contributed by atoms with Gasteiger partial charge < -0.3 is 10.6 Å². The number of aromatic nitrogens is 1. The Balaban J connectivity index is 1.35. The van der Waals surface area contributed by atoms with Crippen LogP contribution in [0.25, 0.3) is 11.3 Å². The van der Waals surface area contributed by atoms with Crippen LogP contribution in [0.4, 0.5) is 10.8 Å². The summed E-state index contributed by atoms with van der Waals surface area (Å²) in [6.07, 6.45) is 0. The molecule has 0 spiro atoms. The van der Waals surface area contributed by atoms with E-state index in [9.17, 15) is 9.59 Å². The fraction of sp³-hybridized carbons (Fsp3) is 0.179. The third kappa shape index (κ3) is 6.18. The number of anilines is 2. The Labute approximate surface area is 214 Å². The summed E-state index contributed by atoms with van der Waals surface area (Å²) in [5.41, 5.74) is 5.43. The van der Waals surface area contributed by atoms with Crippen molar-refractivity contribution in [1.29, 1.82) is 0 Å². The molecule has 7 heteroatoms. The van der Waals surface area contributed by atoms with Crippen molar-refractivity contribution >= 4 is 45.7 Å². The lowest BCUT2D eigenvalue weighted by Crippen LogP contribution is -2.22. The zero-order valence-corrected chi connectivity index (χ0v) is 21.7. The van der Waals surface area contributed by atoms with E-state index < -0.39 is 0 Å². The summed E-state index contributed by atoms with van der Waals surface area (Å²) in [4.78, 5) is 32.0. The van der Waals surface area contributed by atoms with Crippen LogP contribution in [-0.2, 0) is 4.79 Å². The number of hydrogen-bond acceptors (Lipinski definition) is 5. The van der Waals surface area contributed by atoms with E-state index in [0.29, 0.717) is 16.4 Å². The number of hydrogen-bond donors (Lipinski definition) is 2. The number of thioether (sulfide) groups is 1. The highest BCUT2D eigenvalue weighted by Crippen LogP contribution is 2.32. The molecule has 0 aliphatic rings. The maximum absolute atomic E-state index is 12.8. The fourth-order valence-electron chi connectivity index (χ4n) is 3.54. The van der Waals surface area contributed by atoms with Crippen molar-refractivity contribution in [2.45, 2.75) is 37.8 Å². The van der Waals surface area contributed by atoms with Gasteiger partial charge in [-0.2, -0.15) is 0 Å². The molecule has 5 nitrogen and oxygen atoms in total. The molecular weight excluding hydrogens is 474 g/mol. The second-order valence-electron chi connectivity index (χ2n) is 8.33. The second kappa shape index (κ2) is 10.9. The van der Waals surface area contributed by atoms with Crippen molar-refractivity contribution in [3.63, 3.8) is 0 Å². The Morgan fingerprint density at radius 2 is 1.57 bits per heavy atom. The van der Waals surface area contributed by atoms with E-state index in [1.165, 1.54) is 28.7 Å². The van der Waals surface area contributed by atoms with Crippen molar-refractivity contribution in [2.75, 3.05) is 10.6 Å². The van der Waals surface area contributed by atoms with Gasteiger partial charge in [-0.25, -0.2) is 4.98 Å². The topological polar surface area (TPSA) is 71.1 Å². The Morgan fingerprint density at radius 3 is 2.26 bits per heavy atom. The lowest BCUT2D eigenvalue weighted by Gasteiger charge is -2.12. The summed E-state index contributed by atoms with van der Waals surface area (Å²) in [7, 11) is 0. The number of amides is 2. The van der Waals surface area contributed by atoms with Crippen LogP contribution in [0.2, 0.25) is 0 Å². The Morgan fingerprint density at radius 1 is 0.886 bits per heavy atom. The highest BCUT2D eigenvalue weighted by atomic mass is 32.2. The summed E-state index contributed by atoms with van der Waals surface area (Å²) in [6, 6.07) is 23.2. The van der Waals surface area contributed by atoms with Gasteiger partial charge in [0.1, 0.15) is 0 Å². The van der Waals surface area contributed by atoms with E-state index in [1.54, 1.807) is 0 Å². The van der Waals surface area contributed by atoms with Crippen LogP contribution < -0.4 is 10.6 Å². The molecule has 0 aliphatic carbocycles. The molecule has 1 unspecified atom stereocenters. The van der Waals surface area contributed by atoms with Gasteiger partial charge in [-0.1, -0.05) is 48.0 Å². The van der Waals surface area contributed by atoms with Gasteiger partial charge in [0.25, 0.3) is 5.91 Å². The van der Waals surface area contributed by atoms with Crippen LogP contribution in [0.3, 0.4) is 0 Å². The molecule has 4 aromatic rings. The minimum atomic E-state index is -0.311. The SMILES string of the molecule is Cc1ccc(-c2nc(NC(=O)C(C)Sc3ccc(NC(=O)c4ccccc4C)cc3)sc2C)cc1. The van der Waals surface area contributed by atoms with E-state index in [1.807, 2.05) is 69.3 Å². The normalized spacial score (nSPS) is 11.7. The molecule has 2 N–H and O–H groups in total. The lowest BCUT2D eigenvalue weighted by molar-refractivity contribution is -0.115. The molecule has 0 aliphatic heterocycles. The summed E-state index contributed by atoms with van der Waals surface area (Å²) < 4.78 is 0. The number of thiazole rings is 1. The second-order valence-corrected chi connectivity index (χ2v) is 10.9. The summed E-state index contributed by atoms with van der Waals surface area (Å²) >= 11 is 2.94. The van der Waals surface area contributed by atoms with Crippen molar-refractivity contribution in [3.8, 4) is 11.3 Å². The molecule has 0 saturated carbocycles. The summed E-state index contributed by atoms with van der Waals surface area (Å²) in [5.74, 6) is -0.240. The van der Waals surface area contributed by atoms with Crippen LogP contribution in [0, 0.1) is 20.8 Å². The molecule has 1 heterocycles. The highest BCUT2D eigenvalue weighted by molar-refractivity contribution is 8.00. The van der Waals surface area contributed by atoms with Gasteiger partial charge in [0, 0.05) is 26.6 Å². The quantitative estimate of drug-likeness (QED) is 0.265. The molecule has 178 valence electrons. The van der Waals surface area contributed by atoms with Crippen molar-refractivity contribution in [3.05, 3.63) is 94.4 Å². The first-order chi connectivity index (χ1) is 16.8. The first kappa shape index (κ1) is 24.7. The molecule has 0 saturated heterocycles. The van der Waals surface area contributed by atoms with Crippen molar-refractivity contribution < 1.29 is 9.59 Å². The van der Waals surface area contributed by atoms with Crippen LogP contribution in [0.15, 0.2) is 77.7 Å². The van der Waals surface area contributed by atoms with Crippen molar-refractivity contribution in [1.82, 2.24) is 4.98 Å². The van der Waals surface area contributed by atoms with Gasteiger partial charge in [-0.3, -0.25) is 9.59 Å². The number of carbonyl (C=O) groups is 2. The molecule has 2 amide bonds. The number of aryl methyl sites for hydroxylation is 3. The van der Waals surface area contributed by atoms with Gasteiger partial charge >= 0.3 is 0 Å². The zero-order valence-electron chi connectivity index (χ0n) is 20.1. The molecular formula is C28H27N3O2S2. The zero-order chi connectivity index (χ0) is 24.9. The molecule has 1 atom stereocenters. The third-order valence-electron chi connectivity index (χ3n) is 5.54. The molecule has 1 aromatic heterocycles. The van der Waals surface area contributed by atoms with E-state index in [0.717, 1.165) is 26.6 Å². The molecule has 4 rings (SSSR count). The van der Waals surface area contributed by atoms with Crippen LogP contribution in [-0.4, -0.2) is 22.0 Å². The van der Waals surface area contributed by atoms with Crippen LogP contribution >= 0.6 is 23.1 Å². The lowest BCUT2D eigenvalue weighted by atomic mass is 10.1. The smallest absolute Gasteiger partial charge is 0.255 e. The predicted octanol–water partition coefficient (Wildman–Crippen LogP) is 7.11. The fourth-order valence-corrected chi connectivity index (χ4v) is 5.24. The average molecular weight is 502 g/mol. The van der Waals surface area contributed by atoms with E-state index in [4.69, 9.17) is 0 Å². The largest absolute Gasteiger partial charge is 0.322 e. The summed E-state index contributed by atoms with van der Waals surface area (Å²) in [5, 5.41) is 6.17. The Bertz CT molecular complexity index is 1350. The van der Waals surface area contributed by atoms with Crippen LogP contribution in [0.5, 0.6) is 0 Å². The maximum atomic E-state index is 12.8. The third-order valence-corrected chi connectivity index (χ3v) is 7.53. The molecule has 0 fully saturated rings. The Kier molecular flexibility index (Phi) is 7.68. The average Bonchev–Trinajstić information content (AvgIpc) is 3.20. The van der Waals surface area contributed by atoms with E-state index in [2.05, 4.69) is 46.8 Å². The van der Waals surface area contributed by atoms with Gasteiger partial charge in [0.05, 0.1) is 10.9 Å². The molecule has 35 heavy (non-hydrogen) atoms. The first-order valence-corrected chi connectivity index (χ1v) is 13.0. The van der Waals surface area contributed by atoms with Gasteiger partial charge in [0.2, 0.25) is 5.91 Å². The predicted molar refractivity (Wildman–Crippen MR) is 147 cm³/mol. The molecule has 3 aromatic carbocycles. The molecule has 0 radical (unpaired) electrons. The highest BCUT2D eigenvalue weighted by Gasteiger charge is 2.18. The minimum absolute atomic E-state index is 0.101. The van der Waals surface area contributed by atoms with Gasteiger partial charge in [-0.05, 0) is 63.6 Å².